The lowest BCUT2D eigenvalue weighted by molar-refractivity contribution is 0.237. The molecule has 0 atom stereocenters. The molecule has 1 aromatic heterocycles. The van der Waals surface area contributed by atoms with Crippen LogP contribution in [0.2, 0.25) is 0 Å². The maximum absolute atomic E-state index is 12.8. The van der Waals surface area contributed by atoms with Crippen molar-refractivity contribution in [2.75, 3.05) is 6.54 Å². The predicted octanol–water partition coefficient (Wildman–Crippen LogP) is 3.67. The summed E-state index contributed by atoms with van der Waals surface area (Å²) in [5, 5.41) is -0.238. The van der Waals surface area contributed by atoms with Crippen molar-refractivity contribution in [2.24, 2.45) is 5.92 Å². The second-order valence-corrected chi connectivity index (χ2v) is 10.6. The monoisotopic (exact) mass is 389 g/mol. The van der Waals surface area contributed by atoms with E-state index in [1.54, 1.807) is 20.0 Å². The van der Waals surface area contributed by atoms with Gasteiger partial charge in [0.05, 0.1) is 17.1 Å². The molecule has 5 nitrogen and oxygen atoms in total. The van der Waals surface area contributed by atoms with Crippen molar-refractivity contribution in [3.8, 4) is 0 Å². The lowest BCUT2D eigenvalue weighted by Gasteiger charge is -2.29. The number of sulfone groups is 1. The van der Waals surface area contributed by atoms with Gasteiger partial charge in [-0.1, -0.05) is 38.1 Å². The number of rotatable bonds is 7. The van der Waals surface area contributed by atoms with Crippen LogP contribution >= 0.6 is 0 Å². The molecule has 3 rings (SSSR count). The zero-order valence-corrected chi connectivity index (χ0v) is 17.7. The first-order valence-electron chi connectivity index (χ1n) is 9.86. The highest BCUT2D eigenvalue weighted by atomic mass is 32.2. The smallest absolute Gasteiger partial charge is 0.228 e. The molecule has 1 aliphatic rings. The topological polar surface area (TPSA) is 55.2 Å². The van der Waals surface area contributed by atoms with Gasteiger partial charge in [0.2, 0.25) is 15.0 Å². The van der Waals surface area contributed by atoms with Crippen molar-refractivity contribution in [1.82, 2.24) is 14.5 Å². The Bertz CT molecular complexity index is 885. The molecule has 0 saturated carbocycles. The molecule has 0 bridgehead atoms. The highest BCUT2D eigenvalue weighted by Gasteiger charge is 2.27. The van der Waals surface area contributed by atoms with Crippen LogP contribution in [0.5, 0.6) is 0 Å². The Hall–Kier alpha value is -1.66. The minimum absolute atomic E-state index is 0.227. The molecule has 1 aliphatic heterocycles. The fourth-order valence-electron chi connectivity index (χ4n) is 3.50. The van der Waals surface area contributed by atoms with E-state index in [1.807, 2.05) is 4.57 Å². The van der Waals surface area contributed by atoms with Crippen molar-refractivity contribution in [3.63, 3.8) is 0 Å². The molecule has 0 aliphatic carbocycles. The number of benzene rings is 1. The van der Waals surface area contributed by atoms with Crippen molar-refractivity contribution in [3.05, 3.63) is 47.3 Å². The second kappa shape index (κ2) is 8.15. The molecular formula is C21H31N3O2S. The maximum Gasteiger partial charge on any atom is 0.228 e. The highest BCUT2D eigenvalue weighted by molar-refractivity contribution is 7.91. The highest BCUT2D eigenvalue weighted by Crippen LogP contribution is 2.23. The molecule has 6 heteroatoms. The normalized spacial score (nSPS) is 15.5. The molecule has 2 heterocycles. The van der Waals surface area contributed by atoms with Crippen molar-refractivity contribution in [1.29, 1.82) is 0 Å². The van der Waals surface area contributed by atoms with Gasteiger partial charge in [0, 0.05) is 26.2 Å². The second-order valence-electron chi connectivity index (χ2n) is 8.19. The van der Waals surface area contributed by atoms with Gasteiger partial charge in [-0.15, -0.1) is 0 Å². The van der Waals surface area contributed by atoms with Gasteiger partial charge in [-0.2, -0.15) is 0 Å². The van der Waals surface area contributed by atoms with Crippen LogP contribution in [0.25, 0.3) is 0 Å². The summed E-state index contributed by atoms with van der Waals surface area (Å²) in [6, 6.07) is 8.57. The fraction of sp³-hybridized carbons (Fsp3) is 0.571. The zero-order chi connectivity index (χ0) is 19.6. The van der Waals surface area contributed by atoms with Gasteiger partial charge in [0.1, 0.15) is 0 Å². The van der Waals surface area contributed by atoms with Gasteiger partial charge in [0.15, 0.2) is 0 Å². The summed E-state index contributed by atoms with van der Waals surface area (Å²) < 4.78 is 27.5. The molecule has 0 amide bonds. The average molecular weight is 390 g/mol. The summed E-state index contributed by atoms with van der Waals surface area (Å²) >= 11 is 0. The van der Waals surface area contributed by atoms with Crippen LogP contribution in [0.1, 0.15) is 50.9 Å². The van der Waals surface area contributed by atoms with Crippen LogP contribution in [0.4, 0.5) is 0 Å². The van der Waals surface area contributed by atoms with Crippen LogP contribution < -0.4 is 0 Å². The fourth-order valence-corrected chi connectivity index (χ4v) is 4.64. The Labute approximate surface area is 163 Å². The first kappa shape index (κ1) is 20.1. The van der Waals surface area contributed by atoms with Crippen LogP contribution in [0, 0.1) is 5.92 Å². The van der Waals surface area contributed by atoms with E-state index < -0.39 is 15.1 Å². The molecule has 0 unspecified atom stereocenters. The minimum Gasteiger partial charge on any atom is -0.318 e. The van der Waals surface area contributed by atoms with Gasteiger partial charge in [-0.25, -0.2) is 13.4 Å². The van der Waals surface area contributed by atoms with Gasteiger partial charge in [-0.05, 0) is 43.7 Å². The van der Waals surface area contributed by atoms with Crippen molar-refractivity contribution < 1.29 is 8.42 Å². The van der Waals surface area contributed by atoms with Crippen LogP contribution in [-0.4, -0.2) is 34.7 Å². The third-order valence-corrected chi connectivity index (χ3v) is 7.38. The molecule has 0 spiro atoms. The number of fused-ring (bicyclic) bond motifs is 1. The largest absolute Gasteiger partial charge is 0.318 e. The van der Waals surface area contributed by atoms with E-state index in [1.165, 1.54) is 11.1 Å². The molecule has 148 valence electrons. The molecule has 0 fully saturated rings. The quantitative estimate of drug-likeness (QED) is 0.725. The summed E-state index contributed by atoms with van der Waals surface area (Å²) in [6.07, 6.45) is 3.73. The van der Waals surface area contributed by atoms with Crippen LogP contribution in [-0.2, 0) is 35.9 Å². The predicted molar refractivity (Wildman–Crippen MR) is 108 cm³/mol. The van der Waals surface area contributed by atoms with Gasteiger partial charge in [-0.3, -0.25) is 4.90 Å². The van der Waals surface area contributed by atoms with E-state index in [4.69, 9.17) is 0 Å². The zero-order valence-electron chi connectivity index (χ0n) is 16.9. The summed E-state index contributed by atoms with van der Waals surface area (Å²) in [6.45, 7) is 11.1. The summed E-state index contributed by atoms with van der Waals surface area (Å²) in [7, 11) is -3.39. The Morgan fingerprint density at radius 1 is 1.11 bits per heavy atom. The number of aromatic nitrogens is 2. The molecule has 27 heavy (non-hydrogen) atoms. The first-order valence-corrected chi connectivity index (χ1v) is 11.4. The summed E-state index contributed by atoms with van der Waals surface area (Å²) in [4.78, 5) is 6.73. The Kier molecular flexibility index (Phi) is 6.06. The van der Waals surface area contributed by atoms with Crippen molar-refractivity contribution in [2.45, 2.75) is 70.6 Å². The molecular weight excluding hydrogens is 358 g/mol. The number of imidazole rings is 1. The van der Waals surface area contributed by atoms with E-state index in [0.717, 1.165) is 38.2 Å². The van der Waals surface area contributed by atoms with E-state index in [9.17, 15) is 8.42 Å². The summed E-state index contributed by atoms with van der Waals surface area (Å²) in [5.41, 5.74) is 3.78. The van der Waals surface area contributed by atoms with Crippen molar-refractivity contribution >= 4 is 9.84 Å². The molecule has 2 aromatic rings. The SMILES string of the molecule is CC(C)CCn1c(CN2CCc3ccccc3C2)cnc1S(=O)(=O)C(C)C. The number of nitrogens with zero attached hydrogens (tertiary/aromatic N) is 3. The third kappa shape index (κ3) is 4.43. The van der Waals surface area contributed by atoms with E-state index in [0.29, 0.717) is 12.5 Å². The Morgan fingerprint density at radius 2 is 1.81 bits per heavy atom. The molecule has 1 aromatic carbocycles. The van der Waals surface area contributed by atoms with Gasteiger partial charge in [0.25, 0.3) is 0 Å². The van der Waals surface area contributed by atoms with Crippen LogP contribution in [0.3, 0.4) is 0 Å². The van der Waals surface area contributed by atoms with E-state index >= 15 is 0 Å². The maximum atomic E-state index is 12.8. The third-order valence-electron chi connectivity index (χ3n) is 5.30. The molecule has 0 N–H and O–H groups in total. The Balaban J connectivity index is 1.86. The van der Waals surface area contributed by atoms with Gasteiger partial charge < -0.3 is 4.57 Å². The standard InChI is InChI=1S/C21H31N3O2S/c1-16(2)9-12-24-20(13-22-21(24)27(25,26)17(3)4)15-23-11-10-18-7-5-6-8-19(18)14-23/h5-8,13,16-17H,9-12,14-15H2,1-4H3. The number of hydrogen-bond acceptors (Lipinski definition) is 4. The Morgan fingerprint density at radius 3 is 2.48 bits per heavy atom. The lowest BCUT2D eigenvalue weighted by atomic mass is 10.00. The first-order chi connectivity index (χ1) is 12.8. The summed E-state index contributed by atoms with van der Waals surface area (Å²) in [5.74, 6) is 0.511. The minimum atomic E-state index is -3.39. The van der Waals surface area contributed by atoms with E-state index in [2.05, 4.69) is 48.0 Å². The van der Waals surface area contributed by atoms with Gasteiger partial charge >= 0.3 is 0 Å². The van der Waals surface area contributed by atoms with E-state index in [-0.39, 0.29) is 5.16 Å². The van der Waals surface area contributed by atoms with Crippen LogP contribution in [0.15, 0.2) is 35.6 Å². The molecule has 0 radical (unpaired) electrons. The lowest BCUT2D eigenvalue weighted by Crippen LogP contribution is -2.31. The average Bonchev–Trinajstić information content (AvgIpc) is 3.03. The molecule has 0 saturated heterocycles. The number of hydrogen-bond donors (Lipinski definition) is 0.